The van der Waals surface area contributed by atoms with E-state index < -0.39 is 35.1 Å². The number of carboxylic acids is 1. The van der Waals surface area contributed by atoms with Crippen molar-refractivity contribution in [3.63, 3.8) is 0 Å². The molecule has 2 aliphatic heterocycles. The number of hydrogen-bond acceptors (Lipinski definition) is 10. The first kappa shape index (κ1) is 27.9. The molecule has 0 aromatic carbocycles. The van der Waals surface area contributed by atoms with Gasteiger partial charge in [0.1, 0.15) is 36.5 Å². The molecule has 3 rings (SSSR count). The number of nitrogens with zero attached hydrogens (tertiary/aromatic N) is 4. The summed E-state index contributed by atoms with van der Waals surface area (Å²) in [6.07, 6.45) is 4.58. The van der Waals surface area contributed by atoms with Crippen molar-refractivity contribution in [3.8, 4) is 0 Å². The number of quaternary nitrogens is 1. The fourth-order valence-corrected chi connectivity index (χ4v) is 5.99. The molecule has 0 saturated carbocycles. The van der Waals surface area contributed by atoms with Crippen molar-refractivity contribution < 1.29 is 33.6 Å². The third kappa shape index (κ3) is 6.18. The second kappa shape index (κ2) is 11.6. The van der Waals surface area contributed by atoms with Crippen LogP contribution in [0.5, 0.6) is 0 Å². The molecular weight excluding hydrogens is 522 g/mol. The Morgan fingerprint density at radius 1 is 1.43 bits per heavy atom. The average Bonchev–Trinajstić information content (AvgIpc) is 3.25. The van der Waals surface area contributed by atoms with E-state index in [2.05, 4.69) is 22.0 Å². The van der Waals surface area contributed by atoms with E-state index in [4.69, 9.17) is 16.3 Å². The van der Waals surface area contributed by atoms with Gasteiger partial charge in [-0.1, -0.05) is 11.7 Å². The molecule has 1 aromatic heterocycles. The average molecular weight is 551 g/mol. The van der Waals surface area contributed by atoms with E-state index in [9.17, 15) is 24.3 Å². The number of oxime groups is 1. The van der Waals surface area contributed by atoms with Gasteiger partial charge in [0.25, 0.3) is 11.8 Å². The maximum atomic E-state index is 13.1. The molecule has 1 aromatic rings. The van der Waals surface area contributed by atoms with Crippen molar-refractivity contribution in [3.05, 3.63) is 47.2 Å². The number of hydrogen-bond donors (Lipinski definition) is 4. The zero-order chi connectivity index (χ0) is 27.3. The zero-order valence-corrected chi connectivity index (χ0v) is 21.9. The number of amides is 3. The van der Waals surface area contributed by atoms with Crippen molar-refractivity contribution >= 4 is 57.6 Å². The molecular formula is C22H28N7O6S2+. The minimum absolute atomic E-state index is 0.107. The highest BCUT2D eigenvalue weighted by Gasteiger charge is 2.55. The highest BCUT2D eigenvalue weighted by Crippen LogP contribution is 2.41. The van der Waals surface area contributed by atoms with Crippen LogP contribution >= 0.6 is 23.1 Å². The third-order valence-corrected chi connectivity index (χ3v) is 7.68. The molecule has 1 fully saturated rings. The number of carboxylic acid groups (broad SMARTS) is 1. The van der Waals surface area contributed by atoms with E-state index in [-0.39, 0.29) is 22.2 Å². The van der Waals surface area contributed by atoms with Crippen LogP contribution in [0.2, 0.25) is 0 Å². The Balaban J connectivity index is 1.81. The molecule has 37 heavy (non-hydrogen) atoms. The summed E-state index contributed by atoms with van der Waals surface area (Å²) < 4.78 is 0.320. The quantitative estimate of drug-likeness (QED) is 0.0663. The maximum absolute atomic E-state index is 13.1. The molecule has 1 unspecified atom stereocenters. The number of carbonyl (C=O) groups excluding carboxylic acids is 3. The molecule has 198 valence electrons. The first-order valence-corrected chi connectivity index (χ1v) is 12.9. The predicted octanol–water partition coefficient (Wildman–Crippen LogP) is -0.511. The van der Waals surface area contributed by atoms with Gasteiger partial charge < -0.3 is 31.2 Å². The molecule has 3 atom stereocenters. The predicted molar refractivity (Wildman–Crippen MR) is 139 cm³/mol. The molecule has 0 bridgehead atoms. The van der Waals surface area contributed by atoms with Crippen LogP contribution in [-0.4, -0.2) is 99.8 Å². The van der Waals surface area contributed by atoms with E-state index >= 15 is 0 Å². The topological polar surface area (TPSA) is 190 Å². The molecule has 0 aliphatic carbocycles. The maximum Gasteiger partial charge on any atom is 0.352 e. The Morgan fingerprint density at radius 2 is 2.16 bits per heavy atom. The number of β-lactam (4-membered cyclic amide) rings is 1. The number of likely N-dealkylation sites (N-methyl/N-ethyl adjacent to an activating group) is 1. The lowest BCUT2D eigenvalue weighted by atomic mass is 10.0. The normalized spacial score (nSPS) is 21.2. The van der Waals surface area contributed by atoms with Gasteiger partial charge in [-0.15, -0.1) is 23.1 Å². The molecule has 0 spiro atoms. The van der Waals surface area contributed by atoms with Crippen LogP contribution in [0.3, 0.4) is 0 Å². The Kier molecular flexibility index (Phi) is 8.73. The largest absolute Gasteiger partial charge is 0.477 e. The number of thioether (sulfide) groups is 1. The second-order valence-corrected chi connectivity index (χ2v) is 10.5. The summed E-state index contributed by atoms with van der Waals surface area (Å²) in [5, 5.41) is 17.5. The third-order valence-electron chi connectivity index (χ3n) is 5.67. The van der Waals surface area contributed by atoms with E-state index in [0.717, 1.165) is 11.3 Å². The molecule has 0 radical (unpaired) electrons. The molecule has 13 nitrogen and oxygen atoms in total. The lowest BCUT2D eigenvalue weighted by Gasteiger charge is -2.50. The standard InChI is InChI=1S/C22H27N7O6S2/c1-4-7-29(2,8-5-6-14(23)30)9-12-10-36-20-16(19(32)28(20)17(12)21(33)34)26-18(31)15(27-35-3)13-11-37-22(24)25-13/h4-6,11,16,20H,1,7-10H2,2-3H3,(H5-,23,24,25,26,30,31,33,34)/p+1/b6-5+,27-15-/t16-,20-,29?/m1/s1. The van der Waals surface area contributed by atoms with Crippen molar-refractivity contribution in [1.82, 2.24) is 15.2 Å². The summed E-state index contributed by atoms with van der Waals surface area (Å²) in [5.41, 5.74) is 11.3. The molecule has 15 heteroatoms. The van der Waals surface area contributed by atoms with Crippen LogP contribution in [-0.2, 0) is 24.0 Å². The van der Waals surface area contributed by atoms with Gasteiger partial charge in [-0.05, 0) is 12.2 Å². The Hall–Kier alpha value is -3.69. The van der Waals surface area contributed by atoms with E-state index in [1.165, 1.54) is 35.2 Å². The van der Waals surface area contributed by atoms with E-state index in [0.29, 0.717) is 35.4 Å². The lowest BCUT2D eigenvalue weighted by molar-refractivity contribution is -0.893. The van der Waals surface area contributed by atoms with Crippen LogP contribution in [0.4, 0.5) is 5.13 Å². The first-order chi connectivity index (χ1) is 17.5. The smallest absolute Gasteiger partial charge is 0.352 e. The van der Waals surface area contributed by atoms with Gasteiger partial charge >= 0.3 is 5.97 Å². The second-order valence-electron chi connectivity index (χ2n) is 8.55. The monoisotopic (exact) mass is 550 g/mol. The summed E-state index contributed by atoms with van der Waals surface area (Å²) in [6, 6.07) is -0.959. The van der Waals surface area contributed by atoms with Crippen molar-refractivity contribution in [2.75, 3.05) is 45.3 Å². The number of primary amides is 1. The van der Waals surface area contributed by atoms with Crippen LogP contribution in [0.25, 0.3) is 0 Å². The fraction of sp³-hybridized carbons (Fsp3) is 0.364. The molecule has 6 N–H and O–H groups in total. The number of thiazole rings is 1. The Bertz CT molecular complexity index is 1210. The van der Waals surface area contributed by atoms with Gasteiger partial charge in [-0.2, -0.15) is 0 Å². The summed E-state index contributed by atoms with van der Waals surface area (Å²) in [7, 11) is 3.16. The van der Waals surface area contributed by atoms with Gasteiger partial charge in [0.2, 0.25) is 5.91 Å². The van der Waals surface area contributed by atoms with Gasteiger partial charge in [-0.3, -0.25) is 19.3 Å². The summed E-state index contributed by atoms with van der Waals surface area (Å²) in [6.45, 7) is 4.96. The summed E-state index contributed by atoms with van der Waals surface area (Å²) >= 11 is 2.46. The minimum atomic E-state index is -1.24. The van der Waals surface area contributed by atoms with Crippen LogP contribution in [0.15, 0.2) is 46.6 Å². The molecule has 1 saturated heterocycles. The Morgan fingerprint density at radius 3 is 2.73 bits per heavy atom. The lowest BCUT2D eigenvalue weighted by Crippen LogP contribution is -2.71. The van der Waals surface area contributed by atoms with Gasteiger partial charge in [-0.25, -0.2) is 9.78 Å². The highest BCUT2D eigenvalue weighted by atomic mass is 32.2. The fourth-order valence-electron chi connectivity index (χ4n) is 4.11. The van der Waals surface area contributed by atoms with Crippen LogP contribution in [0.1, 0.15) is 5.69 Å². The van der Waals surface area contributed by atoms with Crippen molar-refractivity contribution in [2.24, 2.45) is 10.9 Å². The van der Waals surface area contributed by atoms with Gasteiger partial charge in [0.15, 0.2) is 10.8 Å². The molecule has 2 aliphatic rings. The number of rotatable bonds is 12. The number of nitrogens with one attached hydrogen (secondary N) is 1. The van der Waals surface area contributed by atoms with Gasteiger partial charge in [0, 0.05) is 22.8 Å². The highest BCUT2D eigenvalue weighted by molar-refractivity contribution is 8.00. The number of aliphatic carboxylic acids is 1. The number of fused-ring (bicyclic) bond motifs is 1. The number of aromatic nitrogens is 1. The zero-order valence-electron chi connectivity index (χ0n) is 20.2. The molecule has 3 heterocycles. The number of anilines is 1. The van der Waals surface area contributed by atoms with Crippen LogP contribution < -0.4 is 16.8 Å². The van der Waals surface area contributed by atoms with Crippen molar-refractivity contribution in [2.45, 2.75) is 11.4 Å². The van der Waals surface area contributed by atoms with Crippen molar-refractivity contribution in [1.29, 1.82) is 0 Å². The minimum Gasteiger partial charge on any atom is -0.477 e. The Labute approximate surface area is 221 Å². The number of carbonyl (C=O) groups is 4. The van der Waals surface area contributed by atoms with Gasteiger partial charge in [0.05, 0.1) is 20.1 Å². The summed E-state index contributed by atoms with van der Waals surface area (Å²) in [5.74, 6) is -2.75. The number of nitrogens with two attached hydrogens (primary N) is 2. The number of nitrogen functional groups attached to an aromatic ring is 1. The van der Waals surface area contributed by atoms with Crippen LogP contribution in [0, 0.1) is 0 Å². The van der Waals surface area contributed by atoms with E-state index in [1.807, 2.05) is 7.05 Å². The molecule has 3 amide bonds. The van der Waals surface area contributed by atoms with E-state index in [1.54, 1.807) is 12.2 Å². The SMILES string of the molecule is C=CC[N+](C)(C/C=C/C(N)=O)CC1=C(C(=O)O)N2C(=O)[C@@H](NC(=O)/C(=N\OC)c3csc(N)n3)[C@H]2SC1. The first-order valence-electron chi connectivity index (χ1n) is 10.9. The summed E-state index contributed by atoms with van der Waals surface area (Å²) in [4.78, 5) is 59.3.